The number of alkyl halides is 1. The van der Waals surface area contributed by atoms with E-state index >= 15 is 0 Å². The molecule has 0 unspecified atom stereocenters. The Morgan fingerprint density at radius 2 is 1.95 bits per heavy atom. The third-order valence-corrected chi connectivity index (χ3v) is 3.88. The van der Waals surface area contributed by atoms with Gasteiger partial charge in [-0.15, -0.1) is 0 Å². The van der Waals surface area contributed by atoms with Gasteiger partial charge in [0, 0.05) is 6.42 Å². The fourth-order valence-electron chi connectivity index (χ4n) is 2.54. The van der Waals surface area contributed by atoms with E-state index in [1.165, 1.54) is 24.0 Å². The van der Waals surface area contributed by atoms with E-state index in [-0.39, 0.29) is 6.67 Å². The molecule has 0 saturated heterocycles. The second-order valence-corrected chi connectivity index (χ2v) is 5.43. The van der Waals surface area contributed by atoms with Crippen molar-refractivity contribution in [1.82, 2.24) is 0 Å². The van der Waals surface area contributed by atoms with E-state index in [1.54, 1.807) is 5.57 Å². The van der Waals surface area contributed by atoms with E-state index in [0.29, 0.717) is 6.42 Å². The molecular weight excluding hydrogens is 235 g/mol. The van der Waals surface area contributed by atoms with E-state index in [2.05, 4.69) is 37.0 Å². The van der Waals surface area contributed by atoms with Gasteiger partial charge >= 0.3 is 0 Å². The summed E-state index contributed by atoms with van der Waals surface area (Å²) < 4.78 is 12.3. The Balaban J connectivity index is 1.91. The molecule has 2 rings (SSSR count). The lowest BCUT2D eigenvalue weighted by Crippen LogP contribution is -1.96. The molecule has 0 amide bonds. The highest BCUT2D eigenvalue weighted by Gasteiger charge is 2.08. The summed E-state index contributed by atoms with van der Waals surface area (Å²) in [5.41, 5.74) is 5.49. The number of allylic oxidation sites excluding steroid dienone is 9. The van der Waals surface area contributed by atoms with Crippen LogP contribution in [-0.2, 0) is 0 Å². The maximum Gasteiger partial charge on any atom is 0.0934 e. The monoisotopic (exact) mass is 258 g/mol. The van der Waals surface area contributed by atoms with Crippen molar-refractivity contribution in [2.45, 2.75) is 44.9 Å². The van der Waals surface area contributed by atoms with Crippen LogP contribution in [0.2, 0.25) is 0 Å². The Morgan fingerprint density at radius 1 is 1.16 bits per heavy atom. The van der Waals surface area contributed by atoms with Gasteiger partial charge in [0.15, 0.2) is 0 Å². The molecule has 19 heavy (non-hydrogen) atoms. The largest absolute Gasteiger partial charge is 0.251 e. The Morgan fingerprint density at radius 3 is 2.68 bits per heavy atom. The van der Waals surface area contributed by atoms with Gasteiger partial charge in [0.25, 0.3) is 0 Å². The molecule has 0 aromatic carbocycles. The zero-order valence-electron chi connectivity index (χ0n) is 11.6. The maximum atomic E-state index is 12.3. The van der Waals surface area contributed by atoms with Crippen molar-refractivity contribution >= 4 is 0 Å². The van der Waals surface area contributed by atoms with Crippen LogP contribution in [0.15, 0.2) is 59.3 Å². The summed E-state index contributed by atoms with van der Waals surface area (Å²) in [4.78, 5) is 0. The molecule has 1 fully saturated rings. The number of halogens is 1. The second-order valence-electron chi connectivity index (χ2n) is 5.43. The van der Waals surface area contributed by atoms with Crippen LogP contribution in [0.1, 0.15) is 44.9 Å². The van der Waals surface area contributed by atoms with Crippen LogP contribution >= 0.6 is 0 Å². The summed E-state index contributed by atoms with van der Waals surface area (Å²) in [6, 6.07) is 0. The van der Waals surface area contributed by atoms with Crippen molar-refractivity contribution in [2.75, 3.05) is 6.67 Å². The minimum Gasteiger partial charge on any atom is -0.251 e. The summed E-state index contributed by atoms with van der Waals surface area (Å²) in [6.45, 7) is 3.78. The topological polar surface area (TPSA) is 0 Å². The van der Waals surface area contributed by atoms with Gasteiger partial charge in [-0.05, 0) is 44.1 Å². The fourth-order valence-corrected chi connectivity index (χ4v) is 2.54. The molecule has 0 aromatic heterocycles. The Kier molecular flexibility index (Phi) is 5.38. The highest BCUT2D eigenvalue weighted by molar-refractivity contribution is 5.32. The molecule has 2 aliphatic carbocycles. The van der Waals surface area contributed by atoms with E-state index in [0.717, 1.165) is 31.3 Å². The smallest absolute Gasteiger partial charge is 0.0934 e. The number of hydrogen-bond donors (Lipinski definition) is 0. The van der Waals surface area contributed by atoms with Gasteiger partial charge in [-0.1, -0.05) is 53.7 Å². The molecule has 1 heteroatoms. The van der Waals surface area contributed by atoms with Gasteiger partial charge in [-0.25, -0.2) is 0 Å². The van der Waals surface area contributed by atoms with E-state index in [4.69, 9.17) is 0 Å². The van der Waals surface area contributed by atoms with Crippen LogP contribution < -0.4 is 0 Å². The quantitative estimate of drug-likeness (QED) is 0.575. The maximum absolute atomic E-state index is 12.3. The molecule has 1 saturated carbocycles. The third kappa shape index (κ3) is 4.66. The molecule has 0 bridgehead atoms. The zero-order valence-corrected chi connectivity index (χ0v) is 11.6. The standard InChI is InChI=1S/C18H23F/c1-15-5-7-18(8-6-15)12-10-16-3-2-4-17(11-9-16)13-14-19/h2,4,9,11-12H,1,3,5-8,10,13-14H2. The molecule has 0 nitrogen and oxygen atoms in total. The van der Waals surface area contributed by atoms with Crippen molar-refractivity contribution < 1.29 is 4.39 Å². The summed E-state index contributed by atoms with van der Waals surface area (Å²) >= 11 is 0. The van der Waals surface area contributed by atoms with Gasteiger partial charge in [-0.2, -0.15) is 0 Å². The first kappa shape index (κ1) is 14.0. The van der Waals surface area contributed by atoms with Gasteiger partial charge < -0.3 is 0 Å². The predicted octanol–water partition coefficient (Wildman–Crippen LogP) is 5.61. The van der Waals surface area contributed by atoms with Crippen LogP contribution in [-0.4, -0.2) is 6.67 Å². The second kappa shape index (κ2) is 7.28. The van der Waals surface area contributed by atoms with Crippen molar-refractivity contribution in [2.24, 2.45) is 0 Å². The summed E-state index contributed by atoms with van der Waals surface area (Å²) in [6.07, 6.45) is 18.1. The van der Waals surface area contributed by atoms with Crippen LogP contribution in [0.3, 0.4) is 0 Å². The van der Waals surface area contributed by atoms with E-state index in [9.17, 15) is 4.39 Å². The summed E-state index contributed by atoms with van der Waals surface area (Å²) in [5, 5.41) is 0. The predicted molar refractivity (Wildman–Crippen MR) is 80.8 cm³/mol. The normalized spacial score (nSPS) is 19.8. The fraction of sp³-hybridized carbons (Fsp3) is 0.444. The number of rotatable bonds is 4. The van der Waals surface area contributed by atoms with Crippen molar-refractivity contribution in [3.05, 3.63) is 59.3 Å². The van der Waals surface area contributed by atoms with Crippen molar-refractivity contribution in [3.8, 4) is 0 Å². The van der Waals surface area contributed by atoms with Crippen LogP contribution in [0.4, 0.5) is 4.39 Å². The minimum atomic E-state index is -0.271. The van der Waals surface area contributed by atoms with E-state index < -0.39 is 0 Å². The Hall–Kier alpha value is -1.37. The molecule has 102 valence electrons. The molecule has 0 heterocycles. The molecular formula is C18H23F. The van der Waals surface area contributed by atoms with Crippen molar-refractivity contribution in [3.63, 3.8) is 0 Å². The first-order chi connectivity index (χ1) is 9.28. The average Bonchev–Trinajstić information content (AvgIpc) is 2.64. The molecule has 2 aliphatic rings. The van der Waals surface area contributed by atoms with Gasteiger partial charge in [0.05, 0.1) is 6.67 Å². The summed E-state index contributed by atoms with van der Waals surface area (Å²) in [5.74, 6) is 0. The van der Waals surface area contributed by atoms with Crippen LogP contribution in [0.5, 0.6) is 0 Å². The Labute approximate surface area is 116 Å². The molecule has 0 atom stereocenters. The SMILES string of the molecule is C=C1CCC(=CCC2=CC=C(CCF)C=CC2)CC1. The highest BCUT2D eigenvalue weighted by atomic mass is 19.1. The Bertz CT molecular complexity index is 434. The summed E-state index contributed by atoms with van der Waals surface area (Å²) in [7, 11) is 0. The lowest BCUT2D eigenvalue weighted by atomic mass is 9.90. The molecule has 0 spiro atoms. The number of hydrogen-bond acceptors (Lipinski definition) is 0. The van der Waals surface area contributed by atoms with Crippen molar-refractivity contribution in [1.29, 1.82) is 0 Å². The van der Waals surface area contributed by atoms with E-state index in [1.807, 2.05) is 0 Å². The van der Waals surface area contributed by atoms with Gasteiger partial charge in [0.2, 0.25) is 0 Å². The highest BCUT2D eigenvalue weighted by Crippen LogP contribution is 2.27. The molecule has 0 N–H and O–H groups in total. The lowest BCUT2D eigenvalue weighted by molar-refractivity contribution is 0.496. The van der Waals surface area contributed by atoms with Gasteiger partial charge in [0.1, 0.15) is 0 Å². The van der Waals surface area contributed by atoms with Crippen LogP contribution in [0, 0.1) is 0 Å². The minimum absolute atomic E-state index is 0.271. The van der Waals surface area contributed by atoms with Gasteiger partial charge in [-0.3, -0.25) is 4.39 Å². The average molecular weight is 258 g/mol. The first-order valence-electron chi connectivity index (χ1n) is 7.23. The van der Waals surface area contributed by atoms with Crippen LogP contribution in [0.25, 0.3) is 0 Å². The third-order valence-electron chi connectivity index (χ3n) is 3.88. The first-order valence-corrected chi connectivity index (χ1v) is 7.23. The molecule has 0 radical (unpaired) electrons. The molecule has 0 aliphatic heterocycles. The lowest BCUT2D eigenvalue weighted by Gasteiger charge is -2.16. The zero-order chi connectivity index (χ0) is 13.5. The molecule has 0 aromatic rings.